The van der Waals surface area contributed by atoms with Crippen LogP contribution in [0.3, 0.4) is 0 Å². The third kappa shape index (κ3) is 8.99. The predicted molar refractivity (Wildman–Crippen MR) is 107 cm³/mol. The first-order valence-corrected chi connectivity index (χ1v) is 9.25. The standard InChI is InChI=1S/C21H33NO6/c1-9-10-11-27-20(24)15(3)13-18(12-14(2)19(23)26-8)16(4)21(25)28-17(5)22(6)7/h12-13,17H,9-11H2,1-8H3/b14-12+,15-13+,18-16-. The van der Waals surface area contributed by atoms with Crippen LogP contribution in [0.4, 0.5) is 0 Å². The van der Waals surface area contributed by atoms with Gasteiger partial charge in [0.25, 0.3) is 0 Å². The predicted octanol–water partition coefficient (Wildman–Crippen LogP) is 3.16. The van der Waals surface area contributed by atoms with Gasteiger partial charge >= 0.3 is 17.9 Å². The van der Waals surface area contributed by atoms with Crippen LogP contribution < -0.4 is 0 Å². The molecule has 0 saturated carbocycles. The fourth-order valence-corrected chi connectivity index (χ4v) is 1.89. The van der Waals surface area contributed by atoms with Crippen LogP contribution in [0.15, 0.2) is 34.4 Å². The van der Waals surface area contributed by atoms with Gasteiger partial charge in [0, 0.05) is 16.7 Å². The van der Waals surface area contributed by atoms with Gasteiger partial charge in [0.05, 0.1) is 13.7 Å². The zero-order chi connectivity index (χ0) is 21.9. The quantitative estimate of drug-likeness (QED) is 0.140. The zero-order valence-electron chi connectivity index (χ0n) is 18.3. The highest BCUT2D eigenvalue weighted by Gasteiger charge is 2.17. The van der Waals surface area contributed by atoms with Gasteiger partial charge in [-0.2, -0.15) is 0 Å². The van der Waals surface area contributed by atoms with Crippen LogP contribution in [0.2, 0.25) is 0 Å². The number of carbonyl (C=O) groups is 3. The Labute approximate surface area is 168 Å². The molecule has 0 aliphatic heterocycles. The summed E-state index contributed by atoms with van der Waals surface area (Å²) < 4.78 is 15.3. The number of methoxy groups -OCH3 is 1. The van der Waals surface area contributed by atoms with Crippen LogP contribution in [0.25, 0.3) is 0 Å². The van der Waals surface area contributed by atoms with Crippen LogP contribution in [-0.2, 0) is 28.6 Å². The van der Waals surface area contributed by atoms with Gasteiger partial charge in [-0.05, 0) is 65.9 Å². The molecule has 7 nitrogen and oxygen atoms in total. The number of allylic oxidation sites excluding steroid dienone is 3. The molecule has 1 unspecified atom stereocenters. The number of esters is 3. The second kappa shape index (κ2) is 12.9. The van der Waals surface area contributed by atoms with E-state index in [2.05, 4.69) is 0 Å². The summed E-state index contributed by atoms with van der Waals surface area (Å²) in [6.07, 6.45) is 4.26. The molecule has 0 spiro atoms. The van der Waals surface area contributed by atoms with E-state index in [4.69, 9.17) is 14.2 Å². The van der Waals surface area contributed by atoms with Crippen molar-refractivity contribution in [2.75, 3.05) is 27.8 Å². The van der Waals surface area contributed by atoms with E-state index in [1.165, 1.54) is 19.3 Å². The van der Waals surface area contributed by atoms with Gasteiger partial charge in [-0.3, -0.25) is 4.90 Å². The van der Waals surface area contributed by atoms with E-state index in [0.717, 1.165) is 12.8 Å². The van der Waals surface area contributed by atoms with Crippen LogP contribution >= 0.6 is 0 Å². The molecule has 7 heteroatoms. The minimum absolute atomic E-state index is 0.262. The number of nitrogens with zero attached hydrogens (tertiary/aromatic N) is 1. The van der Waals surface area contributed by atoms with Crippen LogP contribution in [-0.4, -0.2) is 56.8 Å². The molecule has 28 heavy (non-hydrogen) atoms. The van der Waals surface area contributed by atoms with E-state index in [1.54, 1.807) is 46.7 Å². The van der Waals surface area contributed by atoms with Gasteiger partial charge in [-0.25, -0.2) is 14.4 Å². The molecule has 0 N–H and O–H groups in total. The van der Waals surface area contributed by atoms with Crippen LogP contribution in [0, 0.1) is 0 Å². The Bertz CT molecular complexity index is 658. The van der Waals surface area contributed by atoms with E-state index < -0.39 is 24.1 Å². The minimum atomic E-state index is -0.548. The monoisotopic (exact) mass is 395 g/mol. The third-order valence-corrected chi connectivity index (χ3v) is 4.05. The van der Waals surface area contributed by atoms with Crippen molar-refractivity contribution in [3.05, 3.63) is 34.4 Å². The lowest BCUT2D eigenvalue weighted by Crippen LogP contribution is -2.30. The van der Waals surface area contributed by atoms with Crippen molar-refractivity contribution in [2.24, 2.45) is 0 Å². The number of rotatable bonds is 10. The highest BCUT2D eigenvalue weighted by Crippen LogP contribution is 2.17. The second-order valence-corrected chi connectivity index (χ2v) is 6.68. The number of hydrogen-bond donors (Lipinski definition) is 0. The molecule has 0 fully saturated rings. The summed E-state index contributed by atoms with van der Waals surface area (Å²) in [5.41, 5.74) is 1.24. The SMILES string of the molecule is CCCCOC(=O)/C(C)=C/C(/C=C(\C)C(=O)OC)=C(/C)C(=O)OC(C)N(C)C. The average molecular weight is 395 g/mol. The molecule has 0 amide bonds. The maximum absolute atomic E-state index is 12.5. The smallest absolute Gasteiger partial charge is 0.335 e. The molecule has 158 valence electrons. The normalized spacial score (nSPS) is 14.3. The molecule has 0 rings (SSSR count). The first kappa shape index (κ1) is 25.6. The van der Waals surface area contributed by atoms with E-state index in [0.29, 0.717) is 17.8 Å². The Balaban J connectivity index is 5.87. The summed E-state index contributed by atoms with van der Waals surface area (Å²) >= 11 is 0. The molecular weight excluding hydrogens is 362 g/mol. The molecule has 1 atom stereocenters. The van der Waals surface area contributed by atoms with Gasteiger partial charge < -0.3 is 14.2 Å². The number of carbonyl (C=O) groups excluding carboxylic acids is 3. The van der Waals surface area contributed by atoms with Gasteiger partial charge in [0.2, 0.25) is 0 Å². The van der Waals surface area contributed by atoms with Crippen LogP contribution in [0.5, 0.6) is 0 Å². The Hall–Kier alpha value is -2.41. The third-order valence-electron chi connectivity index (χ3n) is 4.05. The molecule has 0 radical (unpaired) electrons. The molecular formula is C21H33NO6. The average Bonchev–Trinajstić information content (AvgIpc) is 2.65. The summed E-state index contributed by atoms with van der Waals surface area (Å²) in [4.78, 5) is 38.1. The molecule has 0 aromatic rings. The summed E-state index contributed by atoms with van der Waals surface area (Å²) in [5.74, 6) is -1.55. The molecule has 0 aromatic heterocycles. The van der Waals surface area contributed by atoms with Gasteiger partial charge in [-0.1, -0.05) is 13.3 Å². The maximum Gasteiger partial charge on any atom is 0.335 e. The van der Waals surface area contributed by atoms with Gasteiger partial charge in [0.1, 0.15) is 0 Å². The van der Waals surface area contributed by atoms with E-state index in [-0.39, 0.29) is 11.1 Å². The molecule has 0 aromatic carbocycles. The van der Waals surface area contributed by atoms with Gasteiger partial charge in [-0.15, -0.1) is 0 Å². The van der Waals surface area contributed by atoms with Gasteiger partial charge in [0.15, 0.2) is 6.23 Å². The lowest BCUT2D eigenvalue weighted by atomic mass is 10.0. The molecule has 0 aliphatic carbocycles. The second-order valence-electron chi connectivity index (χ2n) is 6.68. The molecule has 0 heterocycles. The van der Waals surface area contributed by atoms with Crippen molar-refractivity contribution in [1.82, 2.24) is 4.90 Å². The highest BCUT2D eigenvalue weighted by molar-refractivity contribution is 5.94. The summed E-state index contributed by atoms with van der Waals surface area (Å²) in [5, 5.41) is 0. The highest BCUT2D eigenvalue weighted by atomic mass is 16.6. The van der Waals surface area contributed by atoms with Crippen molar-refractivity contribution < 1.29 is 28.6 Å². The van der Waals surface area contributed by atoms with Crippen LogP contribution in [0.1, 0.15) is 47.5 Å². The molecule has 0 aliphatic rings. The lowest BCUT2D eigenvalue weighted by molar-refractivity contribution is -0.150. The minimum Gasteiger partial charge on any atom is -0.466 e. The largest absolute Gasteiger partial charge is 0.466 e. The number of ether oxygens (including phenoxy) is 3. The maximum atomic E-state index is 12.5. The number of hydrogen-bond acceptors (Lipinski definition) is 7. The lowest BCUT2D eigenvalue weighted by Gasteiger charge is -2.20. The molecule has 0 bridgehead atoms. The molecule has 0 saturated heterocycles. The van der Waals surface area contributed by atoms with Crippen molar-refractivity contribution in [1.29, 1.82) is 0 Å². The van der Waals surface area contributed by atoms with Crippen molar-refractivity contribution in [3.8, 4) is 0 Å². The first-order valence-electron chi connectivity index (χ1n) is 9.25. The zero-order valence-corrected chi connectivity index (χ0v) is 18.3. The Morgan fingerprint density at radius 3 is 1.96 bits per heavy atom. The Morgan fingerprint density at radius 2 is 1.50 bits per heavy atom. The first-order chi connectivity index (χ1) is 13.0. The summed E-state index contributed by atoms with van der Waals surface area (Å²) in [6.45, 7) is 8.81. The Morgan fingerprint density at radius 1 is 0.964 bits per heavy atom. The summed E-state index contributed by atoms with van der Waals surface area (Å²) in [6, 6.07) is 0. The van der Waals surface area contributed by atoms with E-state index in [9.17, 15) is 14.4 Å². The number of unbranched alkanes of at least 4 members (excludes halogenated alkanes) is 1. The summed E-state index contributed by atoms with van der Waals surface area (Å²) in [7, 11) is 4.85. The fraction of sp³-hybridized carbons (Fsp3) is 0.571. The fourth-order valence-electron chi connectivity index (χ4n) is 1.89. The van der Waals surface area contributed by atoms with Crippen molar-refractivity contribution >= 4 is 17.9 Å². The van der Waals surface area contributed by atoms with Crippen molar-refractivity contribution in [2.45, 2.75) is 53.7 Å². The van der Waals surface area contributed by atoms with Crippen molar-refractivity contribution in [3.63, 3.8) is 0 Å². The topological polar surface area (TPSA) is 82.1 Å². The van der Waals surface area contributed by atoms with E-state index >= 15 is 0 Å². The Kier molecular flexibility index (Phi) is 11.8. The van der Waals surface area contributed by atoms with E-state index in [1.807, 2.05) is 6.92 Å².